The van der Waals surface area contributed by atoms with Crippen LogP contribution >= 0.6 is 0 Å². The zero-order valence-electron chi connectivity index (χ0n) is 15.2. The van der Waals surface area contributed by atoms with Crippen molar-refractivity contribution in [3.8, 4) is 0 Å². The fourth-order valence-corrected chi connectivity index (χ4v) is 12.5. The van der Waals surface area contributed by atoms with E-state index in [4.69, 9.17) is 0 Å². The molecule has 2 aliphatic rings. The Labute approximate surface area is 142 Å². The number of rotatable bonds is 4. The number of nitrogens with one attached hydrogen (secondary N) is 1. The molecule has 0 heterocycles. The summed E-state index contributed by atoms with van der Waals surface area (Å²) in [5.74, 6) is -0.0476. The van der Waals surface area contributed by atoms with Gasteiger partial charge in [-0.15, -0.1) is 0 Å². The van der Waals surface area contributed by atoms with Crippen LogP contribution in [-0.4, -0.2) is 21.4 Å². The maximum absolute atomic E-state index is 14.2. The van der Waals surface area contributed by atoms with Crippen LogP contribution in [-0.2, 0) is 6.42 Å². The van der Waals surface area contributed by atoms with Gasteiger partial charge in [0.1, 0.15) is 13.6 Å². The van der Waals surface area contributed by atoms with Crippen LogP contribution in [0, 0.1) is 5.82 Å². The Morgan fingerprint density at radius 2 is 1.74 bits per heavy atom. The second kappa shape index (κ2) is 5.97. The van der Waals surface area contributed by atoms with Gasteiger partial charge < -0.3 is 4.98 Å². The molecule has 1 aromatic carbocycles. The van der Waals surface area contributed by atoms with Gasteiger partial charge in [0.2, 0.25) is 0 Å². The molecular formula is C19H30FNSi2. The van der Waals surface area contributed by atoms with E-state index in [0.717, 1.165) is 18.0 Å². The number of benzene rings is 1. The number of allylic oxidation sites excluding steroid dienone is 1. The van der Waals surface area contributed by atoms with Crippen molar-refractivity contribution < 1.29 is 4.39 Å². The molecule has 1 saturated carbocycles. The number of hydrogen-bond acceptors (Lipinski definition) is 1. The Hall–Kier alpha value is -0.716. The minimum atomic E-state index is -1.66. The molecular weight excluding hydrogens is 317 g/mol. The number of fused-ring (bicyclic) bond motifs is 1. The minimum absolute atomic E-state index is 0.0476. The first-order chi connectivity index (χ1) is 10.7. The lowest BCUT2D eigenvalue weighted by molar-refractivity contribution is 0.624. The molecule has 1 nitrogen and oxygen atoms in total. The first-order valence-electron chi connectivity index (χ1n) is 8.99. The summed E-state index contributed by atoms with van der Waals surface area (Å²) in [5.41, 5.74) is 3.44. The molecule has 23 heavy (non-hydrogen) atoms. The maximum atomic E-state index is 14.2. The summed E-state index contributed by atoms with van der Waals surface area (Å²) in [6.07, 6.45) is 8.41. The molecule has 0 bridgehead atoms. The van der Waals surface area contributed by atoms with Gasteiger partial charge in [0, 0.05) is 11.6 Å². The van der Waals surface area contributed by atoms with Crippen LogP contribution in [0.15, 0.2) is 17.7 Å². The zero-order chi connectivity index (χ0) is 16.8. The van der Waals surface area contributed by atoms with Crippen molar-refractivity contribution in [1.82, 2.24) is 4.98 Å². The van der Waals surface area contributed by atoms with Gasteiger partial charge in [-0.25, -0.2) is 4.39 Å². The third-order valence-electron chi connectivity index (χ3n) is 6.31. The van der Waals surface area contributed by atoms with E-state index < -0.39 is 15.3 Å². The molecule has 1 aromatic rings. The highest BCUT2D eigenvalue weighted by Crippen LogP contribution is 2.30. The Kier molecular flexibility index (Phi) is 4.45. The van der Waals surface area contributed by atoms with Gasteiger partial charge in [0.15, 0.2) is 0 Å². The second-order valence-electron chi connectivity index (χ2n) is 8.53. The van der Waals surface area contributed by atoms with Gasteiger partial charge in [-0.2, -0.15) is 0 Å². The van der Waals surface area contributed by atoms with Crippen molar-refractivity contribution >= 4 is 26.6 Å². The van der Waals surface area contributed by atoms with Gasteiger partial charge in [-0.3, -0.25) is 0 Å². The minimum Gasteiger partial charge on any atom is -0.336 e. The average Bonchev–Trinajstić information content (AvgIpc) is 3.07. The van der Waals surface area contributed by atoms with Crippen LogP contribution in [0.25, 0.3) is 6.08 Å². The van der Waals surface area contributed by atoms with E-state index in [1.54, 1.807) is 6.07 Å². The average molecular weight is 348 g/mol. The first kappa shape index (κ1) is 17.1. The lowest BCUT2D eigenvalue weighted by Gasteiger charge is -2.42. The summed E-state index contributed by atoms with van der Waals surface area (Å²) in [6, 6.07) is 4.53. The molecule has 4 heteroatoms. The van der Waals surface area contributed by atoms with E-state index in [9.17, 15) is 4.39 Å². The Bertz CT molecular complexity index is 643. The van der Waals surface area contributed by atoms with E-state index in [2.05, 4.69) is 50.2 Å². The summed E-state index contributed by atoms with van der Waals surface area (Å²) in [4.78, 5) is 4.10. The fraction of sp³-hybridized carbons (Fsp3) is 0.579. The predicted octanol–water partition coefficient (Wildman–Crippen LogP) is 4.52. The topological polar surface area (TPSA) is 12.0 Å². The van der Waals surface area contributed by atoms with Crippen LogP contribution < -0.4 is 10.2 Å². The lowest BCUT2D eigenvalue weighted by atomic mass is 10.1. The molecule has 1 fully saturated rings. The molecule has 0 radical (unpaired) electrons. The Morgan fingerprint density at radius 1 is 1.09 bits per heavy atom. The van der Waals surface area contributed by atoms with Crippen LogP contribution in [0.5, 0.6) is 0 Å². The SMILES string of the molecule is CC1=Cc2c(F)ccc([Si](C)(C)[Si](C)(C)NC3CCCC3)c2C1. The Balaban J connectivity index is 1.95. The standard InChI is InChI=1S/C19H30FNSi2/c1-14-12-16-17(13-14)19(11-10-18(16)20)22(2,3)23(4,5)21-15-8-6-7-9-15/h10-12,15,21H,6-9,13H2,1-5H3. The van der Waals surface area contributed by atoms with Crippen LogP contribution in [0.4, 0.5) is 4.39 Å². The number of halogens is 1. The van der Waals surface area contributed by atoms with Gasteiger partial charge >= 0.3 is 0 Å². The van der Waals surface area contributed by atoms with Crippen molar-refractivity contribution in [2.45, 2.75) is 71.3 Å². The lowest BCUT2D eigenvalue weighted by Crippen LogP contribution is -2.72. The summed E-state index contributed by atoms with van der Waals surface area (Å²) >= 11 is 0. The van der Waals surface area contributed by atoms with E-state index in [1.165, 1.54) is 42.0 Å². The quantitative estimate of drug-likeness (QED) is 0.790. The van der Waals surface area contributed by atoms with Crippen molar-refractivity contribution in [3.63, 3.8) is 0 Å². The first-order valence-corrected chi connectivity index (χ1v) is 16.0. The maximum Gasteiger partial charge on any atom is 0.130 e. The molecule has 2 aliphatic carbocycles. The zero-order valence-corrected chi connectivity index (χ0v) is 17.2. The third kappa shape index (κ3) is 3.01. The highest BCUT2D eigenvalue weighted by molar-refractivity contribution is 7.44. The molecule has 0 aromatic heterocycles. The highest BCUT2D eigenvalue weighted by atomic mass is 29.3. The van der Waals surface area contributed by atoms with Gasteiger partial charge in [0.25, 0.3) is 0 Å². The number of hydrogen-bond donors (Lipinski definition) is 1. The summed E-state index contributed by atoms with van der Waals surface area (Å²) in [7, 11) is -3.23. The molecule has 1 N–H and O–H groups in total. The summed E-state index contributed by atoms with van der Waals surface area (Å²) in [6.45, 7) is 12.1. The molecule has 0 unspecified atom stereocenters. The highest BCUT2D eigenvalue weighted by Gasteiger charge is 2.45. The third-order valence-corrected chi connectivity index (χ3v) is 23.0. The molecule has 126 valence electrons. The smallest absolute Gasteiger partial charge is 0.130 e. The van der Waals surface area contributed by atoms with Crippen molar-refractivity contribution in [1.29, 1.82) is 0 Å². The van der Waals surface area contributed by atoms with E-state index in [-0.39, 0.29) is 5.82 Å². The molecule has 0 atom stereocenters. The van der Waals surface area contributed by atoms with Crippen LogP contribution in [0.2, 0.25) is 26.2 Å². The predicted molar refractivity (Wildman–Crippen MR) is 104 cm³/mol. The van der Waals surface area contributed by atoms with Gasteiger partial charge in [-0.05, 0) is 37.8 Å². The Morgan fingerprint density at radius 3 is 2.39 bits per heavy atom. The van der Waals surface area contributed by atoms with E-state index >= 15 is 0 Å². The largest absolute Gasteiger partial charge is 0.336 e. The van der Waals surface area contributed by atoms with Crippen LogP contribution in [0.1, 0.15) is 43.7 Å². The fourth-order valence-electron chi connectivity index (χ4n) is 4.24. The summed E-state index contributed by atoms with van der Waals surface area (Å²) < 4.78 is 14.2. The van der Waals surface area contributed by atoms with Crippen molar-refractivity contribution in [2.24, 2.45) is 0 Å². The molecule has 0 aliphatic heterocycles. The van der Waals surface area contributed by atoms with Crippen molar-refractivity contribution in [2.75, 3.05) is 0 Å². The van der Waals surface area contributed by atoms with Crippen molar-refractivity contribution in [3.05, 3.63) is 34.6 Å². The monoisotopic (exact) mass is 347 g/mol. The summed E-state index contributed by atoms with van der Waals surface area (Å²) in [5, 5.41) is 1.49. The van der Waals surface area contributed by atoms with Crippen LogP contribution in [0.3, 0.4) is 0 Å². The molecule has 3 rings (SSSR count). The molecule has 0 saturated heterocycles. The molecule has 0 spiro atoms. The van der Waals surface area contributed by atoms with E-state index in [0.29, 0.717) is 0 Å². The van der Waals surface area contributed by atoms with E-state index in [1.807, 2.05) is 0 Å². The normalized spacial score (nSPS) is 19.1. The van der Waals surface area contributed by atoms with Gasteiger partial charge in [-0.1, -0.05) is 61.9 Å². The second-order valence-corrected chi connectivity index (χ2v) is 23.4. The molecule has 0 amide bonds. The van der Waals surface area contributed by atoms with Gasteiger partial charge in [0.05, 0.1) is 7.59 Å².